The van der Waals surface area contributed by atoms with Crippen LogP contribution in [0.2, 0.25) is 0 Å². The van der Waals surface area contributed by atoms with Crippen LogP contribution in [0.25, 0.3) is 0 Å². The molecule has 0 saturated carbocycles. The summed E-state index contributed by atoms with van der Waals surface area (Å²) < 4.78 is 39.2. The molecule has 1 radical (unpaired) electrons. The molecule has 1 nitrogen and oxygen atoms in total. The lowest BCUT2D eigenvalue weighted by Crippen LogP contribution is -2.13. The number of aromatic hydroxyl groups is 1. The average molecular weight is 279 g/mol. The third kappa shape index (κ3) is 2.95. The molecule has 0 atom stereocenters. The number of rotatable bonds is 3. The zero-order valence-electron chi connectivity index (χ0n) is 10.9. The van der Waals surface area contributed by atoms with E-state index in [0.717, 1.165) is 6.07 Å². The highest BCUT2D eigenvalue weighted by molar-refractivity contribution is 5.50. The van der Waals surface area contributed by atoms with Gasteiger partial charge in [-0.15, -0.1) is 0 Å². The summed E-state index contributed by atoms with van der Waals surface area (Å²) in [4.78, 5) is 0. The van der Waals surface area contributed by atoms with Crippen LogP contribution in [-0.2, 0) is 6.18 Å². The maximum absolute atomic E-state index is 13.1. The molecule has 1 N–H and O–H groups in total. The average Bonchev–Trinajstić information content (AvgIpc) is 2.41. The number of phenolic OH excluding ortho intramolecular Hbond substituents is 1. The van der Waals surface area contributed by atoms with Crippen molar-refractivity contribution in [3.8, 4) is 5.75 Å². The van der Waals surface area contributed by atoms with Crippen LogP contribution in [0.5, 0.6) is 5.75 Å². The van der Waals surface area contributed by atoms with Crippen LogP contribution in [0.1, 0.15) is 30.0 Å². The van der Waals surface area contributed by atoms with E-state index in [1.165, 1.54) is 24.3 Å². The molecular formula is C16H14F3O. The van der Waals surface area contributed by atoms with Gasteiger partial charge >= 0.3 is 6.18 Å². The Hall–Kier alpha value is -1.97. The molecule has 0 aromatic heterocycles. The minimum Gasteiger partial charge on any atom is -0.508 e. The fraction of sp³-hybridized carbons (Fsp3) is 0.188. The number of hydrogen-bond acceptors (Lipinski definition) is 1. The lowest BCUT2D eigenvalue weighted by molar-refractivity contribution is -0.138. The maximum Gasteiger partial charge on any atom is 0.416 e. The van der Waals surface area contributed by atoms with Crippen molar-refractivity contribution in [2.45, 2.75) is 19.5 Å². The molecule has 4 heteroatoms. The topological polar surface area (TPSA) is 20.2 Å². The Labute approximate surface area is 115 Å². The standard InChI is InChI=1S/C16H14F3O/c1-2-13(11-7-9-12(20)10-8-11)14-5-3-4-6-15(14)16(17,18)19/h3-10,20H,2H2,1H3. The molecule has 0 saturated heterocycles. The molecule has 105 valence electrons. The fourth-order valence-electron chi connectivity index (χ4n) is 2.21. The predicted molar refractivity (Wildman–Crippen MR) is 71.3 cm³/mol. The lowest BCUT2D eigenvalue weighted by Gasteiger charge is -2.20. The molecule has 0 aliphatic carbocycles. The van der Waals surface area contributed by atoms with Gasteiger partial charge in [0.2, 0.25) is 0 Å². The molecule has 0 bridgehead atoms. The number of phenols is 1. The van der Waals surface area contributed by atoms with Gasteiger partial charge in [0.1, 0.15) is 5.75 Å². The summed E-state index contributed by atoms with van der Waals surface area (Å²) in [5.41, 5.74) is 0.236. The first-order valence-electron chi connectivity index (χ1n) is 6.25. The summed E-state index contributed by atoms with van der Waals surface area (Å²) in [5, 5.41) is 9.28. The Morgan fingerprint density at radius 2 is 1.60 bits per heavy atom. The minimum atomic E-state index is -4.38. The third-order valence-electron chi connectivity index (χ3n) is 3.13. The SMILES string of the molecule is CC[C](c1ccc(O)cc1)c1ccccc1C(F)(F)F. The highest BCUT2D eigenvalue weighted by Gasteiger charge is 2.35. The molecule has 2 aromatic carbocycles. The summed E-state index contributed by atoms with van der Waals surface area (Å²) in [5.74, 6) is 0.700. The van der Waals surface area contributed by atoms with Gasteiger partial charge in [0.05, 0.1) is 5.56 Å². The molecular weight excluding hydrogens is 265 g/mol. The van der Waals surface area contributed by atoms with Crippen LogP contribution >= 0.6 is 0 Å². The van der Waals surface area contributed by atoms with Gasteiger partial charge in [-0.05, 0) is 35.7 Å². The van der Waals surface area contributed by atoms with Crippen molar-refractivity contribution in [3.05, 3.63) is 71.1 Å². The largest absolute Gasteiger partial charge is 0.508 e. The molecule has 0 aliphatic rings. The summed E-state index contributed by atoms with van der Waals surface area (Å²) in [6.07, 6.45) is -3.91. The summed E-state index contributed by atoms with van der Waals surface area (Å²) >= 11 is 0. The van der Waals surface area contributed by atoms with E-state index in [1.807, 2.05) is 6.92 Å². The van der Waals surface area contributed by atoms with Crippen LogP contribution < -0.4 is 0 Å². The molecule has 0 unspecified atom stereocenters. The molecule has 0 spiro atoms. The second-order valence-corrected chi connectivity index (χ2v) is 4.42. The van der Waals surface area contributed by atoms with Gasteiger partial charge < -0.3 is 5.11 Å². The number of alkyl halides is 3. The van der Waals surface area contributed by atoms with Crippen molar-refractivity contribution in [1.82, 2.24) is 0 Å². The third-order valence-corrected chi connectivity index (χ3v) is 3.13. The van der Waals surface area contributed by atoms with Crippen molar-refractivity contribution < 1.29 is 18.3 Å². The molecule has 20 heavy (non-hydrogen) atoms. The van der Waals surface area contributed by atoms with Gasteiger partial charge in [-0.2, -0.15) is 13.2 Å². The smallest absolute Gasteiger partial charge is 0.416 e. The van der Waals surface area contributed by atoms with E-state index in [4.69, 9.17) is 0 Å². The van der Waals surface area contributed by atoms with Gasteiger partial charge in [-0.1, -0.05) is 37.3 Å². The van der Waals surface area contributed by atoms with Crippen molar-refractivity contribution in [3.63, 3.8) is 0 Å². The van der Waals surface area contributed by atoms with E-state index in [1.54, 1.807) is 18.2 Å². The van der Waals surface area contributed by atoms with E-state index < -0.39 is 11.7 Å². The molecule has 0 heterocycles. The molecule has 0 fully saturated rings. The second kappa shape index (κ2) is 5.57. The van der Waals surface area contributed by atoms with Gasteiger partial charge in [0, 0.05) is 5.92 Å². The summed E-state index contributed by atoms with van der Waals surface area (Å²) in [6, 6.07) is 11.8. The highest BCUT2D eigenvalue weighted by Crippen LogP contribution is 2.38. The van der Waals surface area contributed by atoms with Crippen molar-refractivity contribution in [2.75, 3.05) is 0 Å². The van der Waals surface area contributed by atoms with Crippen LogP contribution in [0.15, 0.2) is 48.5 Å². The lowest BCUT2D eigenvalue weighted by atomic mass is 9.86. The Kier molecular flexibility index (Phi) is 4.02. The Morgan fingerprint density at radius 1 is 1.00 bits per heavy atom. The van der Waals surface area contributed by atoms with E-state index in [-0.39, 0.29) is 11.3 Å². The van der Waals surface area contributed by atoms with Gasteiger partial charge in [-0.3, -0.25) is 0 Å². The first kappa shape index (κ1) is 14.4. The van der Waals surface area contributed by atoms with Crippen molar-refractivity contribution >= 4 is 0 Å². The molecule has 0 aliphatic heterocycles. The summed E-state index contributed by atoms with van der Waals surface area (Å²) in [7, 11) is 0. The van der Waals surface area contributed by atoms with Gasteiger partial charge in [-0.25, -0.2) is 0 Å². The minimum absolute atomic E-state index is 0.0910. The zero-order chi connectivity index (χ0) is 14.8. The normalized spacial score (nSPS) is 11.8. The van der Waals surface area contributed by atoms with Crippen LogP contribution in [0.4, 0.5) is 13.2 Å². The Bertz CT molecular complexity index is 573. The monoisotopic (exact) mass is 279 g/mol. The molecule has 2 rings (SSSR count). The Morgan fingerprint density at radius 3 is 2.15 bits per heavy atom. The predicted octanol–water partition coefficient (Wildman–Crippen LogP) is 4.79. The van der Waals surface area contributed by atoms with E-state index in [2.05, 4.69) is 0 Å². The van der Waals surface area contributed by atoms with Crippen LogP contribution in [0, 0.1) is 5.92 Å². The van der Waals surface area contributed by atoms with Crippen molar-refractivity contribution in [2.24, 2.45) is 0 Å². The maximum atomic E-state index is 13.1. The number of benzene rings is 2. The van der Waals surface area contributed by atoms with E-state index in [9.17, 15) is 18.3 Å². The quantitative estimate of drug-likeness (QED) is 0.856. The van der Waals surface area contributed by atoms with Crippen LogP contribution in [0.3, 0.4) is 0 Å². The number of halogens is 3. The molecule has 2 aromatic rings. The number of hydrogen-bond donors (Lipinski definition) is 1. The van der Waals surface area contributed by atoms with Gasteiger partial charge in [0.15, 0.2) is 0 Å². The second-order valence-electron chi connectivity index (χ2n) is 4.42. The fourth-order valence-corrected chi connectivity index (χ4v) is 2.21. The molecule has 0 amide bonds. The first-order valence-corrected chi connectivity index (χ1v) is 6.25. The van der Waals surface area contributed by atoms with E-state index in [0.29, 0.717) is 17.9 Å². The first-order chi connectivity index (χ1) is 9.43. The Balaban J connectivity index is 2.50. The highest BCUT2D eigenvalue weighted by atomic mass is 19.4. The zero-order valence-corrected chi connectivity index (χ0v) is 10.9. The van der Waals surface area contributed by atoms with E-state index >= 15 is 0 Å². The van der Waals surface area contributed by atoms with Crippen molar-refractivity contribution in [1.29, 1.82) is 0 Å². The van der Waals surface area contributed by atoms with Crippen LogP contribution in [-0.4, -0.2) is 5.11 Å². The summed E-state index contributed by atoms with van der Waals surface area (Å²) in [6.45, 7) is 1.81. The van der Waals surface area contributed by atoms with Gasteiger partial charge in [0.25, 0.3) is 0 Å².